The van der Waals surface area contributed by atoms with Gasteiger partial charge < -0.3 is 10.0 Å². The predicted octanol–water partition coefficient (Wildman–Crippen LogP) is 4.09. The second-order valence-electron chi connectivity index (χ2n) is 5.06. The Morgan fingerprint density at radius 1 is 1.08 bits per heavy atom. The first-order valence-corrected chi connectivity index (χ1v) is 8.51. The summed E-state index contributed by atoms with van der Waals surface area (Å²) in [6.45, 7) is 0. The van der Waals surface area contributed by atoms with Crippen LogP contribution in [-0.4, -0.2) is 21.9 Å². The van der Waals surface area contributed by atoms with Gasteiger partial charge in [-0.25, -0.2) is 13.5 Å². The molecule has 0 unspecified atom stereocenters. The van der Waals surface area contributed by atoms with E-state index < -0.39 is 17.5 Å². The average molecular weight is 360 g/mol. The van der Waals surface area contributed by atoms with Crippen molar-refractivity contribution in [2.45, 2.75) is 0 Å². The highest BCUT2D eigenvalue weighted by Crippen LogP contribution is 2.19. The number of carbonyl (C=O) groups is 1. The van der Waals surface area contributed by atoms with Gasteiger partial charge in [0.05, 0.1) is 0 Å². The van der Waals surface area contributed by atoms with Gasteiger partial charge in [-0.3, -0.25) is 4.79 Å². The molecule has 0 saturated carbocycles. The van der Waals surface area contributed by atoms with E-state index in [1.165, 1.54) is 30.3 Å². The van der Waals surface area contributed by atoms with E-state index in [1.54, 1.807) is 18.2 Å². The second kappa shape index (κ2) is 7.35. The van der Waals surface area contributed by atoms with E-state index in [0.29, 0.717) is 5.69 Å². The van der Waals surface area contributed by atoms with Crippen molar-refractivity contribution < 1.29 is 13.6 Å². The summed E-state index contributed by atoms with van der Waals surface area (Å²) >= 11 is 1.43. The zero-order chi connectivity index (χ0) is 17.8. The summed E-state index contributed by atoms with van der Waals surface area (Å²) in [6.07, 6.45) is 3.22. The van der Waals surface area contributed by atoms with Crippen LogP contribution in [0.1, 0.15) is 10.5 Å². The fourth-order valence-electron chi connectivity index (χ4n) is 2.25. The molecule has 1 heterocycles. The maximum Gasteiger partial charge on any atom is 0.276 e. The highest BCUT2D eigenvalue weighted by Gasteiger charge is 2.15. The Morgan fingerprint density at radius 2 is 1.76 bits per heavy atom. The molecule has 128 valence electrons. The lowest BCUT2D eigenvalue weighted by atomic mass is 10.2. The third-order valence-electron chi connectivity index (χ3n) is 3.33. The number of halogens is 2. The van der Waals surface area contributed by atoms with Crippen molar-refractivity contribution in [2.75, 3.05) is 16.3 Å². The van der Waals surface area contributed by atoms with Gasteiger partial charge in [0, 0.05) is 23.8 Å². The van der Waals surface area contributed by atoms with Crippen LogP contribution in [0.5, 0.6) is 0 Å². The number of aromatic nitrogens is 2. The van der Waals surface area contributed by atoms with Crippen LogP contribution in [0.15, 0.2) is 54.7 Å². The van der Waals surface area contributed by atoms with Crippen LogP contribution in [0.4, 0.5) is 20.2 Å². The third-order valence-corrected chi connectivity index (χ3v) is 3.77. The van der Waals surface area contributed by atoms with Crippen LogP contribution in [0.25, 0.3) is 5.69 Å². The normalized spacial score (nSPS) is 10.5. The lowest BCUT2D eigenvalue weighted by Gasteiger charge is -2.07. The Morgan fingerprint density at radius 3 is 2.48 bits per heavy atom. The van der Waals surface area contributed by atoms with Crippen molar-refractivity contribution in [3.8, 4) is 5.69 Å². The molecule has 0 saturated heterocycles. The standard InChI is InChI=1S/C17H14F2N4OS/c1-25-22-12-5-2-4-11(10-12)20-17(24)15-8-9-23(21-15)16-13(18)6-3-7-14(16)19/h2-10,22H,1H3,(H,20,24). The van der Waals surface area contributed by atoms with E-state index in [1.807, 2.05) is 12.3 Å². The molecule has 5 nitrogen and oxygen atoms in total. The van der Waals surface area contributed by atoms with Gasteiger partial charge in [-0.1, -0.05) is 24.1 Å². The van der Waals surface area contributed by atoms with Gasteiger partial charge in [0.2, 0.25) is 0 Å². The number of hydrogen-bond acceptors (Lipinski definition) is 4. The zero-order valence-electron chi connectivity index (χ0n) is 13.2. The van der Waals surface area contributed by atoms with E-state index in [4.69, 9.17) is 0 Å². The quantitative estimate of drug-likeness (QED) is 0.673. The number of benzene rings is 2. The molecule has 0 aliphatic heterocycles. The van der Waals surface area contributed by atoms with E-state index in [0.717, 1.165) is 22.5 Å². The molecule has 25 heavy (non-hydrogen) atoms. The van der Waals surface area contributed by atoms with Crippen molar-refractivity contribution in [1.82, 2.24) is 9.78 Å². The van der Waals surface area contributed by atoms with E-state index in [2.05, 4.69) is 15.1 Å². The molecule has 8 heteroatoms. The number of carbonyl (C=O) groups excluding carboxylic acids is 1. The molecular formula is C17H14F2N4OS. The first-order valence-electron chi connectivity index (χ1n) is 7.29. The Kier molecular flexibility index (Phi) is 4.99. The van der Waals surface area contributed by atoms with Crippen molar-refractivity contribution in [3.63, 3.8) is 0 Å². The van der Waals surface area contributed by atoms with E-state index in [-0.39, 0.29) is 11.4 Å². The maximum absolute atomic E-state index is 13.8. The van der Waals surface area contributed by atoms with Crippen LogP contribution >= 0.6 is 11.9 Å². The fourth-order valence-corrected chi connectivity index (χ4v) is 2.61. The third kappa shape index (κ3) is 3.80. The molecule has 0 bridgehead atoms. The van der Waals surface area contributed by atoms with Crippen molar-refractivity contribution >= 4 is 29.2 Å². The molecule has 1 aromatic heterocycles. The van der Waals surface area contributed by atoms with Crippen molar-refractivity contribution in [2.24, 2.45) is 0 Å². The summed E-state index contributed by atoms with van der Waals surface area (Å²) in [5, 5.41) is 6.66. The number of para-hydroxylation sites is 1. The van der Waals surface area contributed by atoms with Crippen LogP contribution in [0, 0.1) is 11.6 Å². The highest BCUT2D eigenvalue weighted by atomic mass is 32.2. The summed E-state index contributed by atoms with van der Waals surface area (Å²) in [5.74, 6) is -1.99. The lowest BCUT2D eigenvalue weighted by molar-refractivity contribution is 0.102. The average Bonchev–Trinajstić information content (AvgIpc) is 3.05. The van der Waals surface area contributed by atoms with Crippen LogP contribution < -0.4 is 10.0 Å². The topological polar surface area (TPSA) is 58.9 Å². The smallest absolute Gasteiger partial charge is 0.276 e. The number of anilines is 2. The maximum atomic E-state index is 13.8. The molecule has 0 radical (unpaired) electrons. The summed E-state index contributed by atoms with van der Waals surface area (Å²) < 4.78 is 31.7. The van der Waals surface area contributed by atoms with E-state index in [9.17, 15) is 13.6 Å². The number of rotatable bonds is 5. The molecule has 2 aromatic carbocycles. The largest absolute Gasteiger partial charge is 0.330 e. The van der Waals surface area contributed by atoms with E-state index >= 15 is 0 Å². The van der Waals surface area contributed by atoms with Gasteiger partial charge >= 0.3 is 0 Å². The predicted molar refractivity (Wildman–Crippen MR) is 95.0 cm³/mol. The van der Waals surface area contributed by atoms with Crippen LogP contribution in [0.3, 0.4) is 0 Å². The van der Waals surface area contributed by atoms with Crippen molar-refractivity contribution in [1.29, 1.82) is 0 Å². The summed E-state index contributed by atoms with van der Waals surface area (Å²) in [5.41, 5.74) is 1.14. The lowest BCUT2D eigenvalue weighted by Crippen LogP contribution is -2.13. The van der Waals surface area contributed by atoms with Gasteiger partial charge in [-0.2, -0.15) is 5.10 Å². The molecule has 2 N–H and O–H groups in total. The van der Waals surface area contributed by atoms with Crippen molar-refractivity contribution in [3.05, 3.63) is 72.1 Å². The minimum atomic E-state index is -0.758. The SMILES string of the molecule is CSNc1cccc(NC(=O)c2ccn(-c3c(F)cccc3F)n2)c1. The Labute approximate surface area is 147 Å². The number of hydrogen-bond donors (Lipinski definition) is 2. The molecule has 0 atom stereocenters. The summed E-state index contributed by atoms with van der Waals surface area (Å²) in [7, 11) is 0. The molecule has 3 rings (SSSR count). The molecule has 0 aliphatic rings. The Bertz CT molecular complexity index is 893. The first-order chi connectivity index (χ1) is 12.1. The first kappa shape index (κ1) is 17.0. The van der Waals surface area contributed by atoms with Gasteiger partial charge in [0.25, 0.3) is 5.91 Å². The number of nitrogens with one attached hydrogen (secondary N) is 2. The number of amides is 1. The highest BCUT2D eigenvalue weighted by molar-refractivity contribution is 7.99. The molecular weight excluding hydrogens is 346 g/mol. The molecule has 1 amide bonds. The molecule has 0 aliphatic carbocycles. The minimum Gasteiger partial charge on any atom is -0.330 e. The van der Waals surface area contributed by atoms with Gasteiger partial charge in [0.15, 0.2) is 17.3 Å². The minimum absolute atomic E-state index is 0.0471. The fraction of sp³-hybridized carbons (Fsp3) is 0.0588. The molecule has 0 fully saturated rings. The van der Waals surface area contributed by atoms with Gasteiger partial charge in [-0.15, -0.1) is 0 Å². The second-order valence-corrected chi connectivity index (χ2v) is 5.67. The monoisotopic (exact) mass is 360 g/mol. The van der Waals surface area contributed by atoms with Gasteiger partial charge in [-0.05, 0) is 36.4 Å². The Hall–Kier alpha value is -2.87. The summed E-state index contributed by atoms with van der Waals surface area (Å²) in [4.78, 5) is 12.3. The number of nitrogens with zero attached hydrogens (tertiary/aromatic N) is 2. The molecule has 3 aromatic rings. The zero-order valence-corrected chi connectivity index (χ0v) is 14.0. The van der Waals surface area contributed by atoms with Crippen LogP contribution in [0.2, 0.25) is 0 Å². The van der Waals surface area contributed by atoms with Crippen LogP contribution in [-0.2, 0) is 0 Å². The summed E-state index contributed by atoms with van der Waals surface area (Å²) in [6, 6.07) is 12.1. The molecule has 0 spiro atoms. The Balaban J connectivity index is 1.80. The van der Waals surface area contributed by atoms with Gasteiger partial charge in [0.1, 0.15) is 5.69 Å².